The van der Waals surface area contributed by atoms with Crippen LogP contribution in [0, 0.1) is 27.2 Å². The molecule has 0 fully saturated rings. The summed E-state index contributed by atoms with van der Waals surface area (Å²) >= 11 is 0. The third-order valence-corrected chi connectivity index (χ3v) is 1.72. The Hall–Kier alpha value is -2.22. The molecular formula is C7H9N3O5. The number of nitro groups is 2. The van der Waals surface area contributed by atoms with E-state index in [1.807, 2.05) is 0 Å². The zero-order chi connectivity index (χ0) is 10.9. The van der Waals surface area contributed by atoms with Crippen molar-refractivity contribution < 1.29 is 15.0 Å². The fourth-order valence-corrected chi connectivity index (χ4v) is 0.954. The summed E-state index contributed by atoms with van der Waals surface area (Å²) in [5.74, 6) is -0.703. The van der Waals surface area contributed by atoms with Crippen molar-refractivity contribution in [2.45, 2.75) is 6.92 Å². The molecule has 1 aromatic carbocycles. The van der Waals surface area contributed by atoms with Gasteiger partial charge in [0.1, 0.15) is 0 Å². The Balaban J connectivity index is 0.00000196. The number of nitrogens with zero attached hydrogens (tertiary/aromatic N) is 2. The van der Waals surface area contributed by atoms with E-state index in [2.05, 4.69) is 0 Å². The van der Waals surface area contributed by atoms with Gasteiger partial charge >= 0.3 is 0 Å². The Labute approximate surface area is 84.0 Å². The van der Waals surface area contributed by atoms with E-state index in [4.69, 9.17) is 0 Å². The zero-order valence-electron chi connectivity index (χ0n) is 8.09. The Morgan fingerprint density at radius 3 is 2.07 bits per heavy atom. The normalized spacial score (nSPS) is 9.13. The topological polar surface area (TPSA) is 146 Å². The highest BCUT2D eigenvalue weighted by Gasteiger charge is 2.17. The molecule has 0 aromatic heterocycles. The molecule has 0 heterocycles. The van der Waals surface area contributed by atoms with Crippen LogP contribution in [-0.2, 0) is 0 Å². The maximum Gasteiger partial charge on any atom is 0.278 e. The van der Waals surface area contributed by atoms with Crippen molar-refractivity contribution in [1.29, 1.82) is 0 Å². The highest BCUT2D eigenvalue weighted by molar-refractivity contribution is 5.55. The lowest BCUT2D eigenvalue weighted by atomic mass is 10.1. The SMILES string of the molecule is Cc1c([O-])cc([N+](=O)[O-])cc1[N+](=O)[O-].[NH4+]. The standard InChI is InChI=1S/C7H6N2O5.H3N/c1-4-6(9(13)14)2-5(8(11)12)3-7(4)10;/h2-3,10H,1H3;1H3. The van der Waals surface area contributed by atoms with Gasteiger partial charge in [0.2, 0.25) is 0 Å². The lowest BCUT2D eigenvalue weighted by Gasteiger charge is -2.08. The molecule has 15 heavy (non-hydrogen) atoms. The second kappa shape index (κ2) is 4.33. The van der Waals surface area contributed by atoms with E-state index in [9.17, 15) is 25.3 Å². The van der Waals surface area contributed by atoms with Crippen molar-refractivity contribution in [3.05, 3.63) is 37.9 Å². The smallest absolute Gasteiger partial charge is 0.278 e. The molecule has 0 saturated carbocycles. The van der Waals surface area contributed by atoms with Gasteiger partial charge in [-0.1, -0.05) is 5.75 Å². The summed E-state index contributed by atoms with van der Waals surface area (Å²) in [6.45, 7) is 1.25. The van der Waals surface area contributed by atoms with Crippen LogP contribution in [0.4, 0.5) is 11.4 Å². The van der Waals surface area contributed by atoms with E-state index in [0.29, 0.717) is 0 Å². The van der Waals surface area contributed by atoms with Crippen molar-refractivity contribution >= 4 is 11.4 Å². The molecule has 0 atom stereocenters. The molecule has 0 saturated heterocycles. The summed E-state index contributed by atoms with van der Waals surface area (Å²) in [6, 6.07) is 1.54. The molecule has 82 valence electrons. The Morgan fingerprint density at radius 2 is 1.67 bits per heavy atom. The van der Waals surface area contributed by atoms with Crippen LogP contribution in [0.15, 0.2) is 12.1 Å². The second-order valence-corrected chi connectivity index (χ2v) is 2.60. The maximum absolute atomic E-state index is 11.1. The molecule has 0 radical (unpaired) electrons. The molecule has 8 heteroatoms. The van der Waals surface area contributed by atoms with Gasteiger partial charge in [-0.15, -0.1) is 0 Å². The predicted octanol–water partition coefficient (Wildman–Crippen LogP) is 1.26. The lowest BCUT2D eigenvalue weighted by Crippen LogP contribution is -2.00. The molecule has 0 aliphatic carbocycles. The van der Waals surface area contributed by atoms with Crippen LogP contribution in [0.1, 0.15) is 5.56 Å². The van der Waals surface area contributed by atoms with Crippen LogP contribution in [0.5, 0.6) is 5.75 Å². The van der Waals surface area contributed by atoms with Gasteiger partial charge in [0.15, 0.2) is 0 Å². The minimum absolute atomic E-state index is 0. The first kappa shape index (κ1) is 12.8. The molecular weight excluding hydrogens is 206 g/mol. The minimum Gasteiger partial charge on any atom is -0.872 e. The van der Waals surface area contributed by atoms with Crippen LogP contribution < -0.4 is 11.3 Å². The van der Waals surface area contributed by atoms with Crippen LogP contribution in [0.3, 0.4) is 0 Å². The molecule has 0 unspecified atom stereocenters. The third-order valence-electron chi connectivity index (χ3n) is 1.72. The van der Waals surface area contributed by atoms with Gasteiger partial charge < -0.3 is 11.3 Å². The van der Waals surface area contributed by atoms with Crippen molar-refractivity contribution in [2.75, 3.05) is 0 Å². The van der Waals surface area contributed by atoms with Crippen molar-refractivity contribution in [3.63, 3.8) is 0 Å². The molecule has 0 spiro atoms. The van der Waals surface area contributed by atoms with E-state index >= 15 is 0 Å². The number of non-ortho nitro benzene ring substituents is 1. The molecule has 0 amide bonds. The largest absolute Gasteiger partial charge is 0.872 e. The number of hydrogen-bond acceptors (Lipinski definition) is 5. The highest BCUT2D eigenvalue weighted by Crippen LogP contribution is 2.30. The second-order valence-electron chi connectivity index (χ2n) is 2.60. The van der Waals surface area contributed by atoms with Gasteiger partial charge in [0.25, 0.3) is 11.4 Å². The number of rotatable bonds is 2. The van der Waals surface area contributed by atoms with Crippen molar-refractivity contribution in [3.8, 4) is 5.75 Å². The fraction of sp³-hybridized carbons (Fsp3) is 0.143. The van der Waals surface area contributed by atoms with Gasteiger partial charge in [-0.3, -0.25) is 20.2 Å². The summed E-state index contributed by atoms with van der Waals surface area (Å²) in [5.41, 5.74) is -1.18. The van der Waals surface area contributed by atoms with Crippen LogP contribution >= 0.6 is 0 Å². The Morgan fingerprint density at radius 1 is 1.13 bits per heavy atom. The van der Waals surface area contributed by atoms with E-state index in [1.165, 1.54) is 6.92 Å². The summed E-state index contributed by atoms with van der Waals surface area (Å²) in [4.78, 5) is 19.0. The number of nitro benzene ring substituents is 2. The summed E-state index contributed by atoms with van der Waals surface area (Å²) < 4.78 is 0. The van der Waals surface area contributed by atoms with Gasteiger partial charge in [0.05, 0.1) is 15.9 Å². The van der Waals surface area contributed by atoms with Gasteiger partial charge in [-0.05, 0) is 6.92 Å². The van der Waals surface area contributed by atoms with Crippen LogP contribution in [0.2, 0.25) is 0 Å². The van der Waals surface area contributed by atoms with E-state index in [0.717, 1.165) is 12.1 Å². The van der Waals surface area contributed by atoms with Gasteiger partial charge in [-0.25, -0.2) is 0 Å². The first-order chi connectivity index (χ1) is 6.43. The van der Waals surface area contributed by atoms with Crippen LogP contribution in [-0.4, -0.2) is 9.85 Å². The highest BCUT2D eigenvalue weighted by atomic mass is 16.6. The zero-order valence-corrected chi connectivity index (χ0v) is 8.09. The summed E-state index contributed by atoms with van der Waals surface area (Å²) in [7, 11) is 0. The Bertz CT molecular complexity index is 417. The third kappa shape index (κ3) is 2.38. The molecule has 1 aromatic rings. The maximum atomic E-state index is 11.1. The van der Waals surface area contributed by atoms with E-state index in [-0.39, 0.29) is 11.7 Å². The molecule has 4 N–H and O–H groups in total. The number of benzene rings is 1. The lowest BCUT2D eigenvalue weighted by molar-refractivity contribution is -0.396. The van der Waals surface area contributed by atoms with Gasteiger partial charge in [-0.2, -0.15) is 0 Å². The molecule has 0 aliphatic rings. The summed E-state index contributed by atoms with van der Waals surface area (Å²) in [6.07, 6.45) is 0. The summed E-state index contributed by atoms with van der Waals surface area (Å²) in [5, 5.41) is 31.7. The van der Waals surface area contributed by atoms with Crippen molar-refractivity contribution in [1.82, 2.24) is 6.15 Å². The van der Waals surface area contributed by atoms with E-state index < -0.39 is 27.0 Å². The average molecular weight is 215 g/mol. The fourth-order valence-electron chi connectivity index (χ4n) is 0.954. The predicted molar refractivity (Wildman–Crippen MR) is 49.9 cm³/mol. The molecule has 1 rings (SSSR count). The monoisotopic (exact) mass is 215 g/mol. The van der Waals surface area contributed by atoms with Crippen LogP contribution in [0.25, 0.3) is 0 Å². The minimum atomic E-state index is -0.839. The Kier molecular flexibility index (Phi) is 3.69. The number of quaternary nitrogens is 1. The van der Waals surface area contributed by atoms with Gasteiger partial charge in [0, 0.05) is 11.6 Å². The first-order valence-corrected chi connectivity index (χ1v) is 3.54. The quantitative estimate of drug-likeness (QED) is 0.582. The van der Waals surface area contributed by atoms with E-state index in [1.54, 1.807) is 0 Å². The molecule has 0 bridgehead atoms. The number of hydrogen-bond donors (Lipinski definition) is 1. The molecule has 8 nitrogen and oxygen atoms in total. The first-order valence-electron chi connectivity index (χ1n) is 3.54. The molecule has 0 aliphatic heterocycles. The average Bonchev–Trinajstić information content (AvgIpc) is 2.08. The van der Waals surface area contributed by atoms with Crippen molar-refractivity contribution in [2.24, 2.45) is 0 Å².